The molecule has 0 aliphatic carbocycles. The maximum atomic E-state index is 5.46. The molecule has 0 unspecified atom stereocenters. The monoisotopic (exact) mass is 367 g/mol. The van der Waals surface area contributed by atoms with Gasteiger partial charge in [0.15, 0.2) is 0 Å². The van der Waals surface area contributed by atoms with Crippen LogP contribution in [0.15, 0.2) is 59.6 Å². The maximum Gasteiger partial charge on any atom is 0.145 e. The lowest BCUT2D eigenvalue weighted by molar-refractivity contribution is 0.419. The number of ether oxygens (including phenoxy) is 1. The fraction of sp³-hybridized carbons (Fsp3) is 0.208. The lowest BCUT2D eigenvalue weighted by Crippen LogP contribution is -2.00. The van der Waals surface area contributed by atoms with Crippen LogP contribution < -0.4 is 4.74 Å². The molecule has 0 fully saturated rings. The van der Waals surface area contributed by atoms with E-state index in [1.165, 1.54) is 5.56 Å². The van der Waals surface area contributed by atoms with Crippen LogP contribution in [-0.2, 0) is 19.3 Å². The summed E-state index contributed by atoms with van der Waals surface area (Å²) in [6, 6.07) is 18.8. The second-order valence-corrected chi connectivity index (χ2v) is 7.13. The van der Waals surface area contributed by atoms with Crippen LogP contribution in [-0.4, -0.2) is 23.3 Å². The predicted octanol–water partition coefficient (Wildman–Crippen LogP) is 5.23. The second kappa shape index (κ2) is 7.04. The van der Waals surface area contributed by atoms with Gasteiger partial charge >= 0.3 is 0 Å². The average molecular weight is 367 g/mol. The largest absolute Gasteiger partial charge is 0.494 e. The zero-order valence-corrected chi connectivity index (χ0v) is 15.9. The van der Waals surface area contributed by atoms with E-state index in [0.29, 0.717) is 0 Å². The number of fused-ring (bicyclic) bond motifs is 4. The number of aromatic nitrogens is 2. The van der Waals surface area contributed by atoms with Crippen molar-refractivity contribution in [1.82, 2.24) is 9.97 Å². The molecule has 0 spiro atoms. The van der Waals surface area contributed by atoms with E-state index in [1.54, 1.807) is 7.11 Å². The average Bonchev–Trinajstić information content (AvgIpc) is 2.77. The first-order valence-electron chi connectivity index (χ1n) is 9.68. The molecule has 28 heavy (non-hydrogen) atoms. The first-order valence-corrected chi connectivity index (χ1v) is 9.68. The number of hydrogen-bond donors (Lipinski definition) is 0. The van der Waals surface area contributed by atoms with Gasteiger partial charge in [-0.25, -0.2) is 4.98 Å². The van der Waals surface area contributed by atoms with Gasteiger partial charge in [-0.1, -0.05) is 36.4 Å². The summed E-state index contributed by atoms with van der Waals surface area (Å²) in [5.41, 5.74) is 6.38. The standard InChI is InChI=1S/C24H21N3O/c1-28-21-6-2-4-16-9-11-19(26-22(16)21)13-14-20-12-10-18-8-7-17-5-3-15-25-23(17)24(18)27-20/h2,4,6-12,15H,3,5,13-14H2,1H3. The van der Waals surface area contributed by atoms with Gasteiger partial charge in [0.05, 0.1) is 18.3 Å². The highest BCUT2D eigenvalue weighted by Crippen LogP contribution is 2.32. The van der Waals surface area contributed by atoms with Gasteiger partial charge in [-0.05, 0) is 49.4 Å². The van der Waals surface area contributed by atoms with Crippen molar-refractivity contribution in [1.29, 1.82) is 0 Å². The SMILES string of the molecule is COc1cccc2ccc(CCc3ccc4ccc5c(c4n3)N=CCC5)nc12. The van der Waals surface area contributed by atoms with E-state index >= 15 is 0 Å². The van der Waals surface area contributed by atoms with Crippen molar-refractivity contribution >= 4 is 33.7 Å². The zero-order valence-electron chi connectivity index (χ0n) is 15.9. The summed E-state index contributed by atoms with van der Waals surface area (Å²) in [4.78, 5) is 14.4. The third-order valence-electron chi connectivity index (χ3n) is 5.34. The van der Waals surface area contributed by atoms with Crippen molar-refractivity contribution in [3.8, 4) is 5.75 Å². The van der Waals surface area contributed by atoms with E-state index in [0.717, 1.165) is 70.3 Å². The minimum atomic E-state index is 0.813. The molecule has 2 aromatic carbocycles. The molecule has 1 aliphatic heterocycles. The molecule has 5 rings (SSSR count). The quantitative estimate of drug-likeness (QED) is 0.496. The van der Waals surface area contributed by atoms with Crippen LogP contribution in [0, 0.1) is 0 Å². The number of nitrogens with zero attached hydrogens (tertiary/aromatic N) is 3. The first kappa shape index (κ1) is 16.9. The Balaban J connectivity index is 1.44. The van der Waals surface area contributed by atoms with Crippen LogP contribution in [0.25, 0.3) is 21.8 Å². The number of benzene rings is 2. The summed E-state index contributed by atoms with van der Waals surface area (Å²) in [6.07, 6.45) is 5.74. The number of aliphatic imine (C=N–C) groups is 1. The smallest absolute Gasteiger partial charge is 0.145 e. The Hall–Kier alpha value is -3.27. The Kier molecular flexibility index (Phi) is 4.24. The highest BCUT2D eigenvalue weighted by molar-refractivity contribution is 5.93. The van der Waals surface area contributed by atoms with Crippen molar-refractivity contribution < 1.29 is 4.74 Å². The Labute approximate surface area is 163 Å². The lowest BCUT2D eigenvalue weighted by Gasteiger charge is -2.12. The van der Waals surface area contributed by atoms with Gasteiger partial charge in [0.2, 0.25) is 0 Å². The van der Waals surface area contributed by atoms with E-state index in [2.05, 4.69) is 47.5 Å². The fourth-order valence-electron chi connectivity index (χ4n) is 3.84. The Morgan fingerprint density at radius 2 is 1.54 bits per heavy atom. The highest BCUT2D eigenvalue weighted by Gasteiger charge is 2.12. The molecule has 0 saturated heterocycles. The van der Waals surface area contributed by atoms with Gasteiger partial charge in [-0.2, -0.15) is 0 Å². The van der Waals surface area contributed by atoms with Gasteiger partial charge in [0, 0.05) is 28.4 Å². The summed E-state index contributed by atoms with van der Waals surface area (Å²) in [5, 5.41) is 2.24. The first-order chi connectivity index (χ1) is 13.8. The molecule has 0 N–H and O–H groups in total. The molecule has 0 atom stereocenters. The van der Waals surface area contributed by atoms with E-state index in [1.807, 2.05) is 18.3 Å². The minimum absolute atomic E-state index is 0.813. The van der Waals surface area contributed by atoms with Crippen molar-refractivity contribution in [2.75, 3.05) is 7.11 Å². The Bertz CT molecular complexity index is 1210. The predicted molar refractivity (Wildman–Crippen MR) is 114 cm³/mol. The molecule has 4 aromatic rings. The van der Waals surface area contributed by atoms with Crippen LogP contribution >= 0.6 is 0 Å². The molecular weight excluding hydrogens is 346 g/mol. The molecule has 4 heteroatoms. The van der Waals surface area contributed by atoms with Gasteiger partial charge < -0.3 is 4.74 Å². The van der Waals surface area contributed by atoms with Crippen LogP contribution in [0.3, 0.4) is 0 Å². The van der Waals surface area contributed by atoms with Crippen LogP contribution in [0.1, 0.15) is 23.4 Å². The number of rotatable bonds is 4. The summed E-state index contributed by atoms with van der Waals surface area (Å²) >= 11 is 0. The van der Waals surface area contributed by atoms with Crippen molar-refractivity contribution in [3.63, 3.8) is 0 Å². The van der Waals surface area contributed by atoms with Gasteiger partial charge in [0.1, 0.15) is 11.3 Å². The zero-order chi connectivity index (χ0) is 18.9. The van der Waals surface area contributed by atoms with Gasteiger partial charge in [-0.15, -0.1) is 0 Å². The molecule has 3 heterocycles. The fourth-order valence-corrected chi connectivity index (χ4v) is 3.84. The van der Waals surface area contributed by atoms with E-state index in [4.69, 9.17) is 14.7 Å². The maximum absolute atomic E-state index is 5.46. The van der Waals surface area contributed by atoms with Gasteiger partial charge in [0.25, 0.3) is 0 Å². The van der Waals surface area contributed by atoms with Crippen LogP contribution in [0.4, 0.5) is 5.69 Å². The molecule has 138 valence electrons. The van der Waals surface area contributed by atoms with E-state index in [-0.39, 0.29) is 0 Å². The number of aryl methyl sites for hydroxylation is 3. The number of methoxy groups -OCH3 is 1. The molecule has 2 aromatic heterocycles. The normalized spacial score (nSPS) is 13.0. The minimum Gasteiger partial charge on any atom is -0.494 e. The van der Waals surface area contributed by atoms with Crippen molar-refractivity contribution in [3.05, 3.63) is 71.5 Å². The van der Waals surface area contributed by atoms with Crippen LogP contribution in [0.2, 0.25) is 0 Å². The molecular formula is C24H21N3O. The Morgan fingerprint density at radius 1 is 0.821 bits per heavy atom. The van der Waals surface area contributed by atoms with Gasteiger partial charge in [-0.3, -0.25) is 9.98 Å². The second-order valence-electron chi connectivity index (χ2n) is 7.13. The molecule has 0 radical (unpaired) electrons. The summed E-state index contributed by atoms with van der Waals surface area (Å²) in [6.45, 7) is 0. The topological polar surface area (TPSA) is 47.4 Å². The van der Waals surface area contributed by atoms with Crippen molar-refractivity contribution in [2.24, 2.45) is 4.99 Å². The van der Waals surface area contributed by atoms with E-state index in [9.17, 15) is 0 Å². The number of hydrogen-bond acceptors (Lipinski definition) is 4. The molecule has 0 bridgehead atoms. The summed E-state index contributed by atoms with van der Waals surface area (Å²) in [5.74, 6) is 0.813. The molecule has 0 amide bonds. The molecule has 0 saturated carbocycles. The van der Waals surface area contributed by atoms with Crippen molar-refractivity contribution in [2.45, 2.75) is 25.7 Å². The Morgan fingerprint density at radius 3 is 2.32 bits per heavy atom. The molecule has 1 aliphatic rings. The number of para-hydroxylation sites is 1. The number of pyridine rings is 2. The van der Waals surface area contributed by atoms with E-state index < -0.39 is 0 Å². The lowest BCUT2D eigenvalue weighted by atomic mass is 10.0. The highest BCUT2D eigenvalue weighted by atomic mass is 16.5. The third-order valence-corrected chi connectivity index (χ3v) is 5.34. The summed E-state index contributed by atoms with van der Waals surface area (Å²) < 4.78 is 5.46. The molecule has 4 nitrogen and oxygen atoms in total. The third kappa shape index (κ3) is 3.01. The van der Waals surface area contributed by atoms with Crippen LogP contribution in [0.5, 0.6) is 5.75 Å². The summed E-state index contributed by atoms with van der Waals surface area (Å²) in [7, 11) is 1.69.